The summed E-state index contributed by atoms with van der Waals surface area (Å²) >= 11 is 0. The Hall–Kier alpha value is -0.610. The lowest BCUT2D eigenvalue weighted by Gasteiger charge is -2.63. The first kappa shape index (κ1) is 20.7. The Balaban J connectivity index is 1.61. The van der Waals surface area contributed by atoms with Gasteiger partial charge in [-0.05, 0) is 91.3 Å². The summed E-state index contributed by atoms with van der Waals surface area (Å²) in [5.41, 5.74) is 0.0927. The molecular formula is C24H40O4. The summed E-state index contributed by atoms with van der Waals surface area (Å²) in [6.45, 7) is 6.89. The van der Waals surface area contributed by atoms with Crippen molar-refractivity contribution in [2.24, 2.45) is 46.3 Å². The zero-order valence-corrected chi connectivity index (χ0v) is 17.9. The van der Waals surface area contributed by atoms with Crippen LogP contribution >= 0.6 is 0 Å². The third-order valence-corrected chi connectivity index (χ3v) is 10.3. The molecule has 4 aliphatic rings. The molecule has 0 aromatic heterocycles. The summed E-state index contributed by atoms with van der Waals surface area (Å²) in [5, 5.41) is 31.8. The van der Waals surface area contributed by atoms with Crippen molar-refractivity contribution >= 4 is 5.97 Å². The number of aliphatic hydroxyl groups is 2. The van der Waals surface area contributed by atoms with Crippen LogP contribution in [-0.4, -0.2) is 33.5 Å². The molecule has 0 saturated heterocycles. The van der Waals surface area contributed by atoms with Crippen LogP contribution in [0, 0.1) is 46.3 Å². The summed E-state index contributed by atoms with van der Waals surface area (Å²) in [4.78, 5) is 11.1. The van der Waals surface area contributed by atoms with Gasteiger partial charge in [-0.1, -0.05) is 33.6 Å². The Labute approximate surface area is 170 Å². The number of carbonyl (C=O) groups is 1. The topological polar surface area (TPSA) is 77.8 Å². The van der Waals surface area contributed by atoms with Gasteiger partial charge in [0.2, 0.25) is 0 Å². The fraction of sp³-hybridized carbons (Fsp3) is 0.958. The molecule has 3 N–H and O–H groups in total. The molecule has 0 aliphatic heterocycles. The Morgan fingerprint density at radius 2 is 1.82 bits per heavy atom. The molecule has 4 saturated carbocycles. The van der Waals surface area contributed by atoms with E-state index in [1.165, 1.54) is 25.7 Å². The van der Waals surface area contributed by atoms with Crippen molar-refractivity contribution in [1.82, 2.24) is 0 Å². The van der Waals surface area contributed by atoms with Gasteiger partial charge in [-0.2, -0.15) is 0 Å². The van der Waals surface area contributed by atoms with Gasteiger partial charge in [0.15, 0.2) is 0 Å². The van der Waals surface area contributed by atoms with Crippen molar-refractivity contribution in [3.05, 3.63) is 0 Å². The van der Waals surface area contributed by atoms with Crippen LogP contribution < -0.4 is 0 Å². The van der Waals surface area contributed by atoms with Crippen LogP contribution in [-0.2, 0) is 4.79 Å². The van der Waals surface area contributed by atoms with E-state index in [-0.39, 0.29) is 29.5 Å². The van der Waals surface area contributed by atoms with Gasteiger partial charge < -0.3 is 15.3 Å². The van der Waals surface area contributed by atoms with Gasteiger partial charge in [-0.3, -0.25) is 4.79 Å². The average molecular weight is 393 g/mol. The summed E-state index contributed by atoms with van der Waals surface area (Å²) in [6.07, 6.45) is 9.32. The first-order valence-electron chi connectivity index (χ1n) is 11.8. The lowest BCUT2D eigenvalue weighted by atomic mass is 9.43. The second-order valence-electron chi connectivity index (χ2n) is 11.3. The van der Waals surface area contributed by atoms with Gasteiger partial charge >= 0.3 is 5.97 Å². The minimum Gasteiger partial charge on any atom is -0.481 e. The van der Waals surface area contributed by atoms with Crippen molar-refractivity contribution in [3.63, 3.8) is 0 Å². The lowest BCUT2D eigenvalue weighted by Crippen LogP contribution is -2.61. The molecule has 0 aromatic carbocycles. The molecule has 0 bridgehead atoms. The van der Waals surface area contributed by atoms with Gasteiger partial charge in [-0.15, -0.1) is 0 Å². The predicted octanol–water partition coefficient (Wildman–Crippen LogP) is 4.48. The van der Waals surface area contributed by atoms with Crippen molar-refractivity contribution in [3.8, 4) is 0 Å². The van der Waals surface area contributed by atoms with Crippen LogP contribution in [0.3, 0.4) is 0 Å². The highest BCUT2D eigenvalue weighted by Crippen LogP contribution is 2.68. The van der Waals surface area contributed by atoms with E-state index in [1.54, 1.807) is 0 Å². The second-order valence-corrected chi connectivity index (χ2v) is 11.3. The molecule has 4 aliphatic carbocycles. The van der Waals surface area contributed by atoms with Crippen LogP contribution in [0.5, 0.6) is 0 Å². The molecule has 4 heteroatoms. The van der Waals surface area contributed by atoms with E-state index in [4.69, 9.17) is 5.11 Å². The molecule has 0 aromatic rings. The van der Waals surface area contributed by atoms with Crippen LogP contribution in [0.2, 0.25) is 0 Å². The molecule has 0 amide bonds. The van der Waals surface area contributed by atoms with Gasteiger partial charge in [0.1, 0.15) is 0 Å². The number of carboxylic acid groups (broad SMARTS) is 1. The quantitative estimate of drug-likeness (QED) is 0.659. The second kappa shape index (κ2) is 7.27. The normalized spacial score (nSPS) is 51.7. The van der Waals surface area contributed by atoms with E-state index in [0.29, 0.717) is 41.9 Å². The molecule has 28 heavy (non-hydrogen) atoms. The van der Waals surface area contributed by atoms with Gasteiger partial charge in [0.05, 0.1) is 12.2 Å². The molecule has 0 heterocycles. The highest BCUT2D eigenvalue weighted by atomic mass is 16.4. The number of hydrogen-bond acceptors (Lipinski definition) is 3. The maximum atomic E-state index is 11.5. The summed E-state index contributed by atoms with van der Waals surface area (Å²) < 4.78 is 0. The van der Waals surface area contributed by atoms with Crippen LogP contribution in [0.4, 0.5) is 0 Å². The minimum atomic E-state index is -0.727. The Morgan fingerprint density at radius 3 is 2.54 bits per heavy atom. The smallest absolute Gasteiger partial charge is 0.303 e. The maximum Gasteiger partial charge on any atom is 0.303 e. The Bertz CT molecular complexity index is 605. The first-order chi connectivity index (χ1) is 13.2. The van der Waals surface area contributed by atoms with Crippen molar-refractivity contribution in [2.45, 2.75) is 97.2 Å². The molecular weight excluding hydrogens is 352 g/mol. The first-order valence-corrected chi connectivity index (χ1v) is 11.8. The molecule has 160 valence electrons. The number of rotatable bonds is 4. The maximum absolute atomic E-state index is 11.5. The van der Waals surface area contributed by atoms with Gasteiger partial charge in [0.25, 0.3) is 0 Å². The number of hydrogen-bond donors (Lipinski definition) is 3. The molecule has 4 fully saturated rings. The molecule has 4 rings (SSSR count). The van der Waals surface area contributed by atoms with E-state index in [1.807, 2.05) is 0 Å². The van der Waals surface area contributed by atoms with E-state index in [0.717, 1.165) is 25.7 Å². The third-order valence-electron chi connectivity index (χ3n) is 10.3. The zero-order valence-electron chi connectivity index (χ0n) is 17.9. The highest BCUT2D eigenvalue weighted by Gasteiger charge is 2.65. The Kier molecular flexibility index (Phi) is 5.36. The van der Waals surface area contributed by atoms with E-state index in [2.05, 4.69) is 20.8 Å². The fourth-order valence-corrected chi connectivity index (χ4v) is 8.74. The van der Waals surface area contributed by atoms with Crippen molar-refractivity contribution in [1.29, 1.82) is 0 Å². The van der Waals surface area contributed by atoms with E-state index in [9.17, 15) is 15.0 Å². The van der Waals surface area contributed by atoms with Gasteiger partial charge in [0, 0.05) is 6.42 Å². The number of fused-ring (bicyclic) bond motifs is 5. The van der Waals surface area contributed by atoms with Crippen LogP contribution in [0.15, 0.2) is 0 Å². The van der Waals surface area contributed by atoms with E-state index < -0.39 is 5.97 Å². The van der Waals surface area contributed by atoms with E-state index >= 15 is 0 Å². The van der Waals surface area contributed by atoms with Crippen LogP contribution in [0.25, 0.3) is 0 Å². The third kappa shape index (κ3) is 2.96. The number of aliphatic carboxylic acids is 1. The van der Waals surface area contributed by atoms with Crippen LogP contribution in [0.1, 0.15) is 85.0 Å². The Morgan fingerprint density at radius 1 is 1.07 bits per heavy atom. The van der Waals surface area contributed by atoms with Crippen molar-refractivity contribution < 1.29 is 20.1 Å². The monoisotopic (exact) mass is 392 g/mol. The number of carboxylic acids is 1. The molecule has 0 spiro atoms. The molecule has 4 nitrogen and oxygen atoms in total. The number of aliphatic hydroxyl groups excluding tert-OH is 2. The SMILES string of the molecule is C[C@H](CCC(=O)O)C1CC[C@H]2[C@@H]3[C@H](O)C[C@@H]4CCCC[C@]4(C)[C@H]3C[C@H](O)[C@]12C. The predicted molar refractivity (Wildman–Crippen MR) is 109 cm³/mol. The molecule has 10 atom stereocenters. The fourth-order valence-electron chi connectivity index (χ4n) is 8.74. The minimum absolute atomic E-state index is 0.183. The standard InChI is InChI=1S/C24H40O4/c1-14(7-10-21(27)28)16-8-9-17-22-18(13-20(26)24(16,17)3)23(2)11-5-4-6-15(23)12-19(22)25/h14-20,22,25-26H,4-13H2,1-3H3,(H,27,28)/t14-,15+,16?,17+,18+,19-,20+,22+,23+,24-/m1/s1. The zero-order chi connectivity index (χ0) is 20.3. The summed E-state index contributed by atoms with van der Waals surface area (Å²) in [7, 11) is 0. The highest BCUT2D eigenvalue weighted by molar-refractivity contribution is 5.66. The van der Waals surface area contributed by atoms with Gasteiger partial charge in [-0.25, -0.2) is 0 Å². The largest absolute Gasteiger partial charge is 0.481 e. The van der Waals surface area contributed by atoms with Crippen molar-refractivity contribution in [2.75, 3.05) is 0 Å². The summed E-state index contributed by atoms with van der Waals surface area (Å²) in [5.74, 6) is 1.66. The molecule has 1 unspecified atom stereocenters. The summed E-state index contributed by atoms with van der Waals surface area (Å²) in [6, 6.07) is 0. The lowest BCUT2D eigenvalue weighted by molar-refractivity contribution is -0.201. The average Bonchev–Trinajstić information content (AvgIpc) is 3.00. The molecule has 0 radical (unpaired) electrons.